The van der Waals surface area contributed by atoms with Crippen LogP contribution < -0.4 is 0 Å². The monoisotopic (exact) mass is 242 g/mol. The van der Waals surface area contributed by atoms with E-state index in [1.807, 2.05) is 18.2 Å². The number of aliphatic hydroxyl groups excluding tert-OH is 1. The van der Waals surface area contributed by atoms with E-state index in [-0.39, 0.29) is 5.58 Å². The topological polar surface area (TPSA) is 33.4 Å². The highest BCUT2D eigenvalue weighted by Crippen LogP contribution is 2.29. The summed E-state index contributed by atoms with van der Waals surface area (Å²) in [6, 6.07) is 15.5. The average Bonchev–Trinajstić information content (AvgIpc) is 2.84. The second-order valence-corrected chi connectivity index (χ2v) is 4.12. The molecule has 0 radical (unpaired) electrons. The van der Waals surface area contributed by atoms with E-state index >= 15 is 0 Å². The van der Waals surface area contributed by atoms with E-state index in [0.717, 1.165) is 5.56 Å². The second kappa shape index (κ2) is 4.27. The van der Waals surface area contributed by atoms with Crippen molar-refractivity contribution in [2.24, 2.45) is 0 Å². The van der Waals surface area contributed by atoms with E-state index in [4.69, 9.17) is 4.42 Å². The number of hydrogen-bond donors (Lipinski definition) is 1. The molecule has 0 amide bonds. The first-order valence-electron chi connectivity index (χ1n) is 5.66. The lowest BCUT2D eigenvalue weighted by Crippen LogP contribution is -1.96. The molecule has 3 rings (SSSR count). The van der Waals surface area contributed by atoms with Gasteiger partial charge in [0.05, 0.1) is 0 Å². The van der Waals surface area contributed by atoms with Gasteiger partial charge in [-0.2, -0.15) is 0 Å². The molecule has 1 heterocycles. The van der Waals surface area contributed by atoms with Crippen LogP contribution in [0.3, 0.4) is 0 Å². The third-order valence-electron chi connectivity index (χ3n) is 2.90. The van der Waals surface area contributed by atoms with Gasteiger partial charge in [0.2, 0.25) is 0 Å². The summed E-state index contributed by atoms with van der Waals surface area (Å²) in [5, 5.41) is 10.8. The summed E-state index contributed by atoms with van der Waals surface area (Å²) in [4.78, 5) is 0. The van der Waals surface area contributed by atoms with E-state index in [1.165, 1.54) is 6.07 Å². The Balaban J connectivity index is 2.07. The van der Waals surface area contributed by atoms with Crippen LogP contribution in [0, 0.1) is 5.82 Å². The van der Waals surface area contributed by atoms with Crippen molar-refractivity contribution in [2.45, 2.75) is 6.10 Å². The van der Waals surface area contributed by atoms with Crippen LogP contribution in [0.2, 0.25) is 0 Å². The predicted molar refractivity (Wildman–Crippen MR) is 66.7 cm³/mol. The summed E-state index contributed by atoms with van der Waals surface area (Å²) in [5.74, 6) is -0.0692. The molecule has 18 heavy (non-hydrogen) atoms. The molecular formula is C15H11FO2. The highest BCUT2D eigenvalue weighted by molar-refractivity contribution is 5.78. The Morgan fingerprint density at radius 2 is 1.78 bits per heavy atom. The van der Waals surface area contributed by atoms with Crippen molar-refractivity contribution in [2.75, 3.05) is 0 Å². The van der Waals surface area contributed by atoms with Crippen molar-refractivity contribution >= 4 is 11.0 Å². The minimum atomic E-state index is -0.877. The molecule has 1 N–H and O–H groups in total. The van der Waals surface area contributed by atoms with E-state index in [1.54, 1.807) is 30.3 Å². The second-order valence-electron chi connectivity index (χ2n) is 4.12. The maximum Gasteiger partial charge on any atom is 0.170 e. The molecule has 1 aromatic heterocycles. The van der Waals surface area contributed by atoms with Gasteiger partial charge in [-0.05, 0) is 17.7 Å². The molecule has 0 spiro atoms. The van der Waals surface area contributed by atoms with Gasteiger partial charge in [-0.25, -0.2) is 4.39 Å². The fourth-order valence-corrected chi connectivity index (χ4v) is 1.98. The standard InChI is InChI=1S/C15H11FO2/c16-12-8-4-7-11-9-13(18-15(11)12)14(17)10-5-2-1-3-6-10/h1-9,14,17H. The van der Waals surface area contributed by atoms with Crippen molar-refractivity contribution in [1.82, 2.24) is 0 Å². The number of halogens is 1. The largest absolute Gasteiger partial charge is 0.455 e. The fourth-order valence-electron chi connectivity index (χ4n) is 1.98. The summed E-state index contributed by atoms with van der Waals surface area (Å²) >= 11 is 0. The van der Waals surface area contributed by atoms with Crippen LogP contribution in [0.4, 0.5) is 4.39 Å². The SMILES string of the molecule is OC(c1ccccc1)c1cc2cccc(F)c2o1. The van der Waals surface area contributed by atoms with Crippen LogP contribution in [0.25, 0.3) is 11.0 Å². The zero-order valence-corrected chi connectivity index (χ0v) is 9.51. The number of hydrogen-bond acceptors (Lipinski definition) is 2. The Kier molecular flexibility index (Phi) is 2.61. The minimum absolute atomic E-state index is 0.183. The zero-order chi connectivity index (χ0) is 12.5. The first kappa shape index (κ1) is 11.0. The summed E-state index contributed by atoms with van der Waals surface area (Å²) in [6.07, 6.45) is -0.877. The molecular weight excluding hydrogens is 231 g/mol. The molecule has 2 aromatic carbocycles. The van der Waals surface area contributed by atoms with Crippen molar-refractivity contribution in [1.29, 1.82) is 0 Å². The minimum Gasteiger partial charge on any atom is -0.455 e. The highest BCUT2D eigenvalue weighted by atomic mass is 19.1. The summed E-state index contributed by atoms with van der Waals surface area (Å²) < 4.78 is 18.9. The first-order chi connectivity index (χ1) is 8.75. The van der Waals surface area contributed by atoms with Gasteiger partial charge in [-0.3, -0.25) is 0 Å². The number of aliphatic hydroxyl groups is 1. The molecule has 0 saturated heterocycles. The average molecular weight is 242 g/mol. The molecule has 0 aliphatic heterocycles. The van der Waals surface area contributed by atoms with Crippen LogP contribution in [-0.4, -0.2) is 5.11 Å². The van der Waals surface area contributed by atoms with Gasteiger partial charge in [-0.1, -0.05) is 42.5 Å². The first-order valence-corrected chi connectivity index (χ1v) is 5.66. The Labute approximate surface area is 103 Å². The fraction of sp³-hybridized carbons (Fsp3) is 0.0667. The van der Waals surface area contributed by atoms with Gasteiger partial charge < -0.3 is 9.52 Å². The quantitative estimate of drug-likeness (QED) is 0.744. The van der Waals surface area contributed by atoms with Crippen molar-refractivity contribution in [3.05, 3.63) is 71.7 Å². The zero-order valence-electron chi connectivity index (χ0n) is 9.51. The van der Waals surface area contributed by atoms with Crippen LogP contribution in [0.5, 0.6) is 0 Å². The maximum absolute atomic E-state index is 13.5. The van der Waals surface area contributed by atoms with Crippen molar-refractivity contribution in [3.8, 4) is 0 Å². The molecule has 1 unspecified atom stereocenters. The Morgan fingerprint density at radius 3 is 2.50 bits per heavy atom. The maximum atomic E-state index is 13.5. The molecule has 90 valence electrons. The van der Waals surface area contributed by atoms with Crippen LogP contribution >= 0.6 is 0 Å². The van der Waals surface area contributed by atoms with Crippen LogP contribution in [0.15, 0.2) is 59.0 Å². The van der Waals surface area contributed by atoms with E-state index in [0.29, 0.717) is 11.1 Å². The Hall–Kier alpha value is -2.13. The number of fused-ring (bicyclic) bond motifs is 1. The normalized spacial score (nSPS) is 12.8. The van der Waals surface area contributed by atoms with Gasteiger partial charge in [-0.15, -0.1) is 0 Å². The van der Waals surface area contributed by atoms with Gasteiger partial charge in [0.1, 0.15) is 11.9 Å². The molecule has 3 aromatic rings. The summed E-state index contributed by atoms with van der Waals surface area (Å²) in [5.41, 5.74) is 0.902. The molecule has 0 aliphatic carbocycles. The highest BCUT2D eigenvalue weighted by Gasteiger charge is 2.16. The summed E-state index contributed by atoms with van der Waals surface area (Å²) in [7, 11) is 0. The molecule has 2 nitrogen and oxygen atoms in total. The lowest BCUT2D eigenvalue weighted by atomic mass is 10.1. The van der Waals surface area contributed by atoms with Crippen molar-refractivity contribution < 1.29 is 13.9 Å². The van der Waals surface area contributed by atoms with Gasteiger partial charge in [0, 0.05) is 5.39 Å². The van der Waals surface area contributed by atoms with Gasteiger partial charge >= 0.3 is 0 Å². The summed E-state index contributed by atoms with van der Waals surface area (Å²) in [6.45, 7) is 0. The molecule has 0 fully saturated rings. The molecule has 0 bridgehead atoms. The predicted octanol–water partition coefficient (Wildman–Crippen LogP) is 3.65. The molecule has 0 saturated carbocycles. The van der Waals surface area contributed by atoms with Crippen LogP contribution in [-0.2, 0) is 0 Å². The molecule has 0 aliphatic rings. The lowest BCUT2D eigenvalue weighted by Gasteiger charge is -2.06. The Morgan fingerprint density at radius 1 is 1.00 bits per heavy atom. The smallest absolute Gasteiger partial charge is 0.170 e. The van der Waals surface area contributed by atoms with Gasteiger partial charge in [0.25, 0.3) is 0 Å². The number of benzene rings is 2. The Bertz CT molecular complexity index is 673. The molecule has 1 atom stereocenters. The van der Waals surface area contributed by atoms with Crippen molar-refractivity contribution in [3.63, 3.8) is 0 Å². The van der Waals surface area contributed by atoms with E-state index in [9.17, 15) is 9.50 Å². The third-order valence-corrected chi connectivity index (χ3v) is 2.90. The third kappa shape index (κ3) is 1.79. The number of rotatable bonds is 2. The van der Waals surface area contributed by atoms with E-state index < -0.39 is 11.9 Å². The van der Waals surface area contributed by atoms with Crippen LogP contribution in [0.1, 0.15) is 17.4 Å². The molecule has 3 heteroatoms. The number of furan rings is 1. The van der Waals surface area contributed by atoms with Gasteiger partial charge in [0.15, 0.2) is 11.4 Å². The lowest BCUT2D eigenvalue weighted by molar-refractivity contribution is 0.192. The van der Waals surface area contributed by atoms with E-state index in [2.05, 4.69) is 0 Å². The number of para-hydroxylation sites is 1.